The maximum Gasteiger partial charge on any atom is 0.252 e. The molecule has 5 nitrogen and oxygen atoms in total. The van der Waals surface area contributed by atoms with Gasteiger partial charge in [0.2, 0.25) is 0 Å². The number of aromatic nitrogens is 1. The van der Waals surface area contributed by atoms with Crippen LogP contribution in [0.2, 0.25) is 0 Å². The highest BCUT2D eigenvalue weighted by Crippen LogP contribution is 2.35. The number of hydrogen-bond acceptors (Lipinski definition) is 4. The van der Waals surface area contributed by atoms with Crippen LogP contribution in [0.4, 0.5) is 0 Å². The summed E-state index contributed by atoms with van der Waals surface area (Å²) in [5.41, 5.74) is 4.55. The normalized spacial score (nSPS) is 15.6. The van der Waals surface area contributed by atoms with E-state index < -0.39 is 0 Å². The van der Waals surface area contributed by atoms with Crippen molar-refractivity contribution in [1.29, 1.82) is 0 Å². The molecule has 2 aromatic carbocycles. The molecule has 31 heavy (non-hydrogen) atoms. The smallest absolute Gasteiger partial charge is 0.252 e. The average Bonchev–Trinajstić information content (AvgIpc) is 2.78. The van der Waals surface area contributed by atoms with Crippen molar-refractivity contribution in [2.45, 2.75) is 39.0 Å². The quantitative estimate of drug-likeness (QED) is 0.629. The van der Waals surface area contributed by atoms with Crippen molar-refractivity contribution < 1.29 is 14.3 Å². The van der Waals surface area contributed by atoms with Crippen LogP contribution in [-0.2, 0) is 10.2 Å². The third-order valence-corrected chi connectivity index (χ3v) is 6.15. The Labute approximate surface area is 183 Å². The topological polar surface area (TPSA) is 60.5 Å². The molecule has 0 aliphatic carbocycles. The van der Waals surface area contributed by atoms with Crippen LogP contribution in [0.15, 0.2) is 48.5 Å². The third kappa shape index (κ3) is 4.57. The third-order valence-electron chi connectivity index (χ3n) is 6.15. The van der Waals surface area contributed by atoms with Gasteiger partial charge in [-0.25, -0.2) is 0 Å². The fourth-order valence-corrected chi connectivity index (χ4v) is 4.41. The minimum absolute atomic E-state index is 0.0575. The summed E-state index contributed by atoms with van der Waals surface area (Å²) >= 11 is 0. The van der Waals surface area contributed by atoms with Gasteiger partial charge in [-0.05, 0) is 69.5 Å². The van der Waals surface area contributed by atoms with E-state index in [1.165, 1.54) is 5.56 Å². The summed E-state index contributed by atoms with van der Waals surface area (Å²) < 4.78 is 11.2. The molecule has 1 N–H and O–H groups in total. The van der Waals surface area contributed by atoms with Crippen LogP contribution in [0.3, 0.4) is 0 Å². The number of nitrogens with one attached hydrogen (secondary N) is 1. The van der Waals surface area contributed by atoms with E-state index in [0.29, 0.717) is 31.9 Å². The Morgan fingerprint density at radius 1 is 1.10 bits per heavy atom. The standard InChI is InChI=1S/C26H30N2O3/c1-4-31-21-8-6-20(7-9-21)26(11-13-30-14-12-26)17-27-25(29)23-16-19(3)28-24-10-5-18(2)15-22(23)24/h5-10,15-16H,4,11-14,17H2,1-3H3,(H,27,29). The molecular weight excluding hydrogens is 388 g/mol. The fraction of sp³-hybridized carbons (Fsp3) is 0.385. The highest BCUT2D eigenvalue weighted by atomic mass is 16.5. The summed E-state index contributed by atoms with van der Waals surface area (Å²) in [6.07, 6.45) is 1.74. The Balaban J connectivity index is 1.60. The van der Waals surface area contributed by atoms with Gasteiger partial charge in [0.1, 0.15) is 5.75 Å². The van der Waals surface area contributed by atoms with E-state index in [-0.39, 0.29) is 11.3 Å². The first-order valence-electron chi connectivity index (χ1n) is 11.0. The molecule has 3 aromatic rings. The lowest BCUT2D eigenvalue weighted by Crippen LogP contribution is -2.44. The molecule has 2 heterocycles. The molecule has 0 radical (unpaired) electrons. The van der Waals surface area contributed by atoms with Gasteiger partial charge >= 0.3 is 0 Å². The number of nitrogens with zero attached hydrogens (tertiary/aromatic N) is 1. The van der Waals surface area contributed by atoms with Gasteiger partial charge in [-0.2, -0.15) is 0 Å². The van der Waals surface area contributed by atoms with E-state index >= 15 is 0 Å². The van der Waals surface area contributed by atoms with Crippen LogP contribution in [0, 0.1) is 13.8 Å². The number of ether oxygens (including phenoxy) is 2. The molecule has 0 unspecified atom stereocenters. The Hall–Kier alpha value is -2.92. The van der Waals surface area contributed by atoms with E-state index in [4.69, 9.17) is 9.47 Å². The van der Waals surface area contributed by atoms with Gasteiger partial charge in [0, 0.05) is 36.3 Å². The molecule has 1 fully saturated rings. The van der Waals surface area contributed by atoms with Gasteiger partial charge in [0.25, 0.3) is 5.91 Å². The van der Waals surface area contributed by atoms with Crippen LogP contribution >= 0.6 is 0 Å². The van der Waals surface area contributed by atoms with Crippen molar-refractivity contribution in [3.8, 4) is 5.75 Å². The lowest BCUT2D eigenvalue weighted by atomic mass is 9.74. The maximum atomic E-state index is 13.3. The van der Waals surface area contributed by atoms with E-state index in [1.54, 1.807) is 0 Å². The Kier molecular flexibility index (Phi) is 6.23. The first-order chi connectivity index (χ1) is 15.0. The van der Waals surface area contributed by atoms with E-state index in [1.807, 2.05) is 57.2 Å². The summed E-state index contributed by atoms with van der Waals surface area (Å²) in [4.78, 5) is 17.9. The Morgan fingerprint density at radius 3 is 2.55 bits per heavy atom. The SMILES string of the molecule is CCOc1ccc(C2(CNC(=O)c3cc(C)nc4ccc(C)cc34)CCOCC2)cc1. The number of carbonyl (C=O) groups excluding carboxylic acids is 1. The number of carbonyl (C=O) groups is 1. The van der Waals surface area contributed by atoms with Gasteiger partial charge in [0.05, 0.1) is 17.7 Å². The van der Waals surface area contributed by atoms with Crippen molar-refractivity contribution >= 4 is 16.8 Å². The zero-order valence-electron chi connectivity index (χ0n) is 18.5. The molecule has 0 saturated carbocycles. The zero-order valence-corrected chi connectivity index (χ0v) is 18.5. The zero-order chi connectivity index (χ0) is 21.8. The molecule has 1 aliphatic rings. The van der Waals surface area contributed by atoms with Crippen LogP contribution in [0.5, 0.6) is 5.75 Å². The van der Waals surface area contributed by atoms with Crippen molar-refractivity contribution in [3.05, 3.63) is 70.9 Å². The predicted octanol–water partition coefficient (Wildman–Crippen LogP) is 4.73. The number of amides is 1. The van der Waals surface area contributed by atoms with Crippen LogP contribution in [0.25, 0.3) is 10.9 Å². The molecule has 5 heteroatoms. The Bertz CT molecular complexity index is 1070. The molecule has 0 bridgehead atoms. The summed E-state index contributed by atoms with van der Waals surface area (Å²) in [7, 11) is 0. The van der Waals surface area contributed by atoms with Crippen LogP contribution < -0.4 is 10.1 Å². The average molecular weight is 419 g/mol. The molecule has 1 saturated heterocycles. The number of rotatable bonds is 6. The molecule has 0 spiro atoms. The first-order valence-corrected chi connectivity index (χ1v) is 11.0. The molecule has 1 amide bonds. The number of fused-ring (bicyclic) bond motifs is 1. The minimum atomic E-state index is -0.146. The van der Waals surface area contributed by atoms with Crippen molar-refractivity contribution in [2.75, 3.05) is 26.4 Å². The monoisotopic (exact) mass is 418 g/mol. The van der Waals surface area contributed by atoms with E-state index in [2.05, 4.69) is 22.4 Å². The van der Waals surface area contributed by atoms with Crippen LogP contribution in [-0.4, -0.2) is 37.3 Å². The van der Waals surface area contributed by atoms with Gasteiger partial charge in [-0.15, -0.1) is 0 Å². The highest BCUT2D eigenvalue weighted by molar-refractivity contribution is 6.06. The molecule has 1 aromatic heterocycles. The highest BCUT2D eigenvalue weighted by Gasteiger charge is 2.35. The van der Waals surface area contributed by atoms with Gasteiger partial charge in [-0.3, -0.25) is 9.78 Å². The van der Waals surface area contributed by atoms with E-state index in [0.717, 1.165) is 40.8 Å². The first kappa shape index (κ1) is 21.3. The summed E-state index contributed by atoms with van der Waals surface area (Å²) in [5.74, 6) is 0.810. The van der Waals surface area contributed by atoms with Gasteiger partial charge in [0.15, 0.2) is 0 Å². The number of aryl methyl sites for hydroxylation is 2. The second-order valence-electron chi connectivity index (χ2n) is 8.36. The predicted molar refractivity (Wildman–Crippen MR) is 123 cm³/mol. The Morgan fingerprint density at radius 2 is 1.84 bits per heavy atom. The second-order valence-corrected chi connectivity index (χ2v) is 8.36. The number of pyridine rings is 1. The van der Waals surface area contributed by atoms with Crippen molar-refractivity contribution in [1.82, 2.24) is 10.3 Å². The second kappa shape index (κ2) is 9.06. The molecular formula is C26H30N2O3. The minimum Gasteiger partial charge on any atom is -0.494 e. The van der Waals surface area contributed by atoms with Crippen molar-refractivity contribution in [2.24, 2.45) is 0 Å². The van der Waals surface area contributed by atoms with Crippen molar-refractivity contribution in [3.63, 3.8) is 0 Å². The lowest BCUT2D eigenvalue weighted by Gasteiger charge is -2.38. The summed E-state index contributed by atoms with van der Waals surface area (Å²) in [6, 6.07) is 16.2. The number of benzene rings is 2. The molecule has 1 aliphatic heterocycles. The van der Waals surface area contributed by atoms with Gasteiger partial charge in [-0.1, -0.05) is 23.8 Å². The molecule has 0 atom stereocenters. The largest absolute Gasteiger partial charge is 0.494 e. The van der Waals surface area contributed by atoms with E-state index in [9.17, 15) is 4.79 Å². The molecule has 4 rings (SSSR count). The molecule has 162 valence electrons. The summed E-state index contributed by atoms with van der Waals surface area (Å²) in [6.45, 7) is 8.54. The van der Waals surface area contributed by atoms with Crippen LogP contribution in [0.1, 0.15) is 46.9 Å². The number of hydrogen-bond donors (Lipinski definition) is 1. The van der Waals surface area contributed by atoms with Gasteiger partial charge < -0.3 is 14.8 Å². The maximum absolute atomic E-state index is 13.3. The fourth-order valence-electron chi connectivity index (χ4n) is 4.41. The lowest BCUT2D eigenvalue weighted by molar-refractivity contribution is 0.0487. The summed E-state index contributed by atoms with van der Waals surface area (Å²) in [5, 5.41) is 4.13.